The third-order valence-electron chi connectivity index (χ3n) is 8.99. The predicted molar refractivity (Wildman–Crippen MR) is 169 cm³/mol. The first-order valence-electron chi connectivity index (χ1n) is 15.4. The van der Waals surface area contributed by atoms with Crippen LogP contribution in [0, 0.1) is 0 Å². The lowest BCUT2D eigenvalue weighted by Crippen LogP contribution is -2.33. The predicted octanol–water partition coefficient (Wildman–Crippen LogP) is 7.22. The highest BCUT2D eigenvalue weighted by atomic mass is 35.5. The second-order valence-electron chi connectivity index (χ2n) is 12.1. The van der Waals surface area contributed by atoms with Crippen LogP contribution in [0.4, 0.5) is 13.2 Å². The minimum Gasteiger partial charge on any atom is -0.445 e. The van der Waals surface area contributed by atoms with Crippen molar-refractivity contribution in [3.63, 3.8) is 0 Å². The Hall–Kier alpha value is -4.39. The average Bonchev–Trinajstić information content (AvgIpc) is 3.75. The Morgan fingerprint density at radius 3 is 2.60 bits per heavy atom. The standard InChI is InChI=1S/C34H30ClF3N6O3/c1-33(22-6-8-23(35)9-7-22)46-28-4-2-3-25(30(28)47-33)20-11-14-43(15-12-20)19-29-39-26-17-21(31-40-32(42-41-31)34(36,37)38)5-10-27(26)44(29)18-24-13-16-45-24/h2-11,17,24H,12-16,18-19H2,1H3,(H,40,41,42)/t24-,33?/m0/s1. The number of imidazole rings is 1. The van der Waals surface area contributed by atoms with Crippen LogP contribution in [-0.4, -0.2) is 55.4 Å². The topological polar surface area (TPSA) is 90.3 Å². The zero-order valence-electron chi connectivity index (χ0n) is 25.4. The molecule has 13 heteroatoms. The molecule has 0 spiro atoms. The number of H-pyrrole nitrogens is 1. The molecule has 1 N–H and O–H groups in total. The third-order valence-corrected chi connectivity index (χ3v) is 9.24. The summed E-state index contributed by atoms with van der Waals surface area (Å²) in [6.07, 6.45) is -0.503. The molecular formula is C34H30ClF3N6O3. The molecule has 9 nitrogen and oxygen atoms in total. The number of hydrogen-bond donors (Lipinski definition) is 1. The van der Waals surface area contributed by atoms with Crippen molar-refractivity contribution in [2.75, 3.05) is 19.7 Å². The first kappa shape index (κ1) is 30.0. The molecule has 1 saturated heterocycles. The molecular weight excluding hydrogens is 633 g/mol. The molecule has 1 fully saturated rings. The molecule has 47 heavy (non-hydrogen) atoms. The number of aromatic amines is 1. The van der Waals surface area contributed by atoms with Gasteiger partial charge in [0.2, 0.25) is 5.82 Å². The fraction of sp³-hybridized carbons (Fsp3) is 0.324. The Kier molecular flexibility index (Phi) is 7.27. The number of hydrogen-bond acceptors (Lipinski definition) is 7. The van der Waals surface area contributed by atoms with Gasteiger partial charge in [0.1, 0.15) is 5.82 Å². The molecule has 5 aromatic rings. The monoisotopic (exact) mass is 662 g/mol. The van der Waals surface area contributed by atoms with Crippen LogP contribution in [0.25, 0.3) is 28.0 Å². The number of alkyl halides is 3. The van der Waals surface area contributed by atoms with Gasteiger partial charge in [0.15, 0.2) is 17.3 Å². The quantitative estimate of drug-likeness (QED) is 0.197. The lowest BCUT2D eigenvalue weighted by atomic mass is 9.98. The second-order valence-corrected chi connectivity index (χ2v) is 12.6. The lowest BCUT2D eigenvalue weighted by molar-refractivity contribution is -0.144. The molecule has 3 aliphatic rings. The molecule has 0 bridgehead atoms. The smallest absolute Gasteiger partial charge is 0.445 e. The number of nitrogens with one attached hydrogen (secondary N) is 1. The molecule has 1 unspecified atom stereocenters. The fourth-order valence-corrected chi connectivity index (χ4v) is 6.48. The molecule has 0 amide bonds. The van der Waals surface area contributed by atoms with Crippen LogP contribution in [0.5, 0.6) is 11.5 Å². The maximum atomic E-state index is 13.1. The van der Waals surface area contributed by atoms with Gasteiger partial charge >= 0.3 is 6.18 Å². The molecule has 2 atom stereocenters. The van der Waals surface area contributed by atoms with E-state index in [9.17, 15) is 13.2 Å². The minimum atomic E-state index is -4.60. The van der Waals surface area contributed by atoms with E-state index in [0.29, 0.717) is 41.5 Å². The van der Waals surface area contributed by atoms with Crippen molar-refractivity contribution in [1.29, 1.82) is 0 Å². The van der Waals surface area contributed by atoms with Gasteiger partial charge in [-0.25, -0.2) is 4.98 Å². The van der Waals surface area contributed by atoms with Crippen LogP contribution in [0.3, 0.4) is 0 Å². The van der Waals surface area contributed by atoms with Crippen molar-refractivity contribution in [3.8, 4) is 22.9 Å². The highest BCUT2D eigenvalue weighted by molar-refractivity contribution is 6.30. The molecule has 5 heterocycles. The van der Waals surface area contributed by atoms with Gasteiger partial charge in [0.25, 0.3) is 5.79 Å². The van der Waals surface area contributed by atoms with E-state index in [-0.39, 0.29) is 11.9 Å². The highest BCUT2D eigenvalue weighted by Gasteiger charge is 2.40. The summed E-state index contributed by atoms with van der Waals surface area (Å²) in [5.74, 6) is 0.261. The van der Waals surface area contributed by atoms with E-state index >= 15 is 0 Å². The lowest BCUT2D eigenvalue weighted by Gasteiger charge is -2.29. The van der Waals surface area contributed by atoms with E-state index in [1.165, 1.54) is 5.57 Å². The van der Waals surface area contributed by atoms with E-state index in [1.807, 2.05) is 49.4 Å². The summed E-state index contributed by atoms with van der Waals surface area (Å²) >= 11 is 6.10. The van der Waals surface area contributed by atoms with Crippen molar-refractivity contribution in [3.05, 3.63) is 94.5 Å². The van der Waals surface area contributed by atoms with Crippen LogP contribution < -0.4 is 9.47 Å². The van der Waals surface area contributed by atoms with Gasteiger partial charge in [-0.1, -0.05) is 29.8 Å². The molecule has 0 aliphatic carbocycles. The fourth-order valence-electron chi connectivity index (χ4n) is 6.35. The Balaban J connectivity index is 1.03. The summed E-state index contributed by atoms with van der Waals surface area (Å²) in [6, 6.07) is 18.8. The Morgan fingerprint density at radius 1 is 1.06 bits per heavy atom. The summed E-state index contributed by atoms with van der Waals surface area (Å²) < 4.78 is 60.0. The minimum absolute atomic E-state index is 0.0432. The maximum absolute atomic E-state index is 13.1. The summed E-state index contributed by atoms with van der Waals surface area (Å²) in [5.41, 5.74) is 5.13. The number of nitrogens with zero attached hydrogens (tertiary/aromatic N) is 5. The molecule has 0 radical (unpaired) electrons. The van der Waals surface area contributed by atoms with Gasteiger partial charge in [0, 0.05) is 48.3 Å². The SMILES string of the molecule is CC1(c2ccc(Cl)cc2)Oc2cccc(C3=CCN(Cc4nc5cc(-c6nnc(C(F)(F)F)[nH]6)ccc5n4C[C@@H]4CCO4)CC3)c2O1. The maximum Gasteiger partial charge on any atom is 0.451 e. The van der Waals surface area contributed by atoms with Gasteiger partial charge in [0.05, 0.1) is 30.2 Å². The van der Waals surface area contributed by atoms with Crippen LogP contribution in [0.1, 0.15) is 42.5 Å². The largest absolute Gasteiger partial charge is 0.451 e. The molecule has 3 aromatic carbocycles. The molecule has 2 aromatic heterocycles. The number of ether oxygens (including phenoxy) is 3. The Bertz CT molecular complexity index is 2000. The van der Waals surface area contributed by atoms with E-state index in [1.54, 1.807) is 12.1 Å². The summed E-state index contributed by atoms with van der Waals surface area (Å²) in [4.78, 5) is 9.56. The van der Waals surface area contributed by atoms with Gasteiger partial charge in [-0.15, -0.1) is 10.2 Å². The summed E-state index contributed by atoms with van der Waals surface area (Å²) in [6.45, 7) is 5.41. The Labute approximate surface area is 272 Å². The number of halogens is 4. The first-order valence-corrected chi connectivity index (χ1v) is 15.8. The number of para-hydroxylation sites is 1. The summed E-state index contributed by atoms with van der Waals surface area (Å²) in [5, 5.41) is 7.64. The molecule has 242 valence electrons. The number of rotatable bonds is 7. The number of aromatic nitrogens is 5. The molecule has 3 aliphatic heterocycles. The zero-order valence-corrected chi connectivity index (χ0v) is 26.1. The van der Waals surface area contributed by atoms with Crippen molar-refractivity contribution < 1.29 is 27.4 Å². The normalized spacial score (nSPS) is 21.2. The van der Waals surface area contributed by atoms with E-state index in [2.05, 4.69) is 36.8 Å². The summed E-state index contributed by atoms with van der Waals surface area (Å²) in [7, 11) is 0. The molecule has 8 rings (SSSR count). The van der Waals surface area contributed by atoms with E-state index in [0.717, 1.165) is 54.2 Å². The Morgan fingerprint density at radius 2 is 1.89 bits per heavy atom. The highest BCUT2D eigenvalue weighted by Crippen LogP contribution is 2.48. The zero-order chi connectivity index (χ0) is 32.3. The van der Waals surface area contributed by atoms with Crippen molar-refractivity contribution in [2.45, 2.75) is 50.9 Å². The van der Waals surface area contributed by atoms with Crippen molar-refractivity contribution in [1.82, 2.24) is 29.6 Å². The van der Waals surface area contributed by atoms with Crippen LogP contribution >= 0.6 is 11.6 Å². The third kappa shape index (κ3) is 5.64. The number of benzene rings is 3. The van der Waals surface area contributed by atoms with Crippen molar-refractivity contribution >= 4 is 28.2 Å². The second kappa shape index (κ2) is 11.4. The van der Waals surface area contributed by atoms with Gasteiger partial charge < -0.3 is 23.8 Å². The number of fused-ring (bicyclic) bond motifs is 2. The van der Waals surface area contributed by atoms with Crippen LogP contribution in [0.15, 0.2) is 66.7 Å². The molecule has 0 saturated carbocycles. The van der Waals surface area contributed by atoms with Gasteiger partial charge in [-0.2, -0.15) is 13.2 Å². The van der Waals surface area contributed by atoms with Gasteiger partial charge in [-0.3, -0.25) is 4.90 Å². The van der Waals surface area contributed by atoms with Gasteiger partial charge in [-0.05, 0) is 66.9 Å². The van der Waals surface area contributed by atoms with Crippen LogP contribution in [-0.2, 0) is 29.8 Å². The van der Waals surface area contributed by atoms with E-state index < -0.39 is 17.8 Å². The van der Waals surface area contributed by atoms with Crippen molar-refractivity contribution in [2.24, 2.45) is 0 Å². The van der Waals surface area contributed by atoms with E-state index in [4.69, 9.17) is 30.8 Å². The average molecular weight is 663 g/mol. The van der Waals surface area contributed by atoms with Crippen LogP contribution in [0.2, 0.25) is 5.02 Å². The first-order chi connectivity index (χ1) is 22.6.